The van der Waals surface area contributed by atoms with Gasteiger partial charge in [0.05, 0.1) is 27.9 Å². The van der Waals surface area contributed by atoms with Crippen molar-refractivity contribution >= 4 is 65.8 Å². The number of azo groups is 1. The number of nitrogens with zero attached hydrogens (tertiary/aromatic N) is 4. The summed E-state index contributed by atoms with van der Waals surface area (Å²) in [6, 6.07) is 11.9. The van der Waals surface area contributed by atoms with Crippen LogP contribution in [0.2, 0.25) is 0 Å². The number of aliphatic hydroxyl groups excluding tert-OH is 2. The fourth-order valence-electron chi connectivity index (χ4n) is 5.06. The predicted molar refractivity (Wildman–Crippen MR) is 187 cm³/mol. The highest BCUT2D eigenvalue weighted by atomic mass is 32.2. The third-order valence-electron chi connectivity index (χ3n) is 7.38. The molecule has 19 heteroatoms. The van der Waals surface area contributed by atoms with E-state index in [9.17, 15) is 41.4 Å². The maximum absolute atomic E-state index is 12.1. The molecule has 0 heterocycles. The standard InChI is InChI=1S/C32H24N8O9S2/c33-19-7-9-25-17(11-19)13-27(50(44,45)46)29(31(25)41)37-35-21-3-1-5-23(15-21)39-40(43)24-6-2-4-22(16-24)36-38-30-28(51(47,48)49)14-18-12-20(34)8-10-26(18)32(30)42/h1-16H,(H8-,33,34,35,36,39,41,42,43,44,45,46,47,48,49)/p+1. The molecule has 2 aromatic carbocycles. The first kappa shape index (κ1) is 34.3. The van der Waals surface area contributed by atoms with Crippen molar-refractivity contribution in [3.63, 3.8) is 0 Å². The van der Waals surface area contributed by atoms with Crippen LogP contribution in [-0.4, -0.2) is 69.1 Å². The van der Waals surface area contributed by atoms with Crippen molar-refractivity contribution in [3.8, 4) is 0 Å². The first-order valence-corrected chi connectivity index (χ1v) is 17.3. The van der Waals surface area contributed by atoms with E-state index in [1.807, 2.05) is 0 Å². The van der Waals surface area contributed by atoms with E-state index in [0.717, 1.165) is 12.2 Å². The van der Waals surface area contributed by atoms with Crippen LogP contribution in [0, 0.1) is 10.8 Å². The van der Waals surface area contributed by atoms with Crippen LogP contribution in [0.4, 0.5) is 22.7 Å². The molecule has 0 atom stereocenters. The average molecular weight is 730 g/mol. The first-order valence-electron chi connectivity index (χ1n) is 14.4. The van der Waals surface area contributed by atoms with Gasteiger partial charge in [0.1, 0.15) is 31.8 Å². The predicted octanol–water partition coefficient (Wildman–Crippen LogP) is 5.27. The van der Waals surface area contributed by atoms with Crippen LogP contribution in [0.15, 0.2) is 156 Å². The van der Waals surface area contributed by atoms with Gasteiger partial charge in [0.15, 0.2) is 11.5 Å². The van der Waals surface area contributed by atoms with Gasteiger partial charge in [-0.1, -0.05) is 12.1 Å². The number of anilines is 2. The normalized spacial score (nSPS) is 19.4. The van der Waals surface area contributed by atoms with Crippen LogP contribution >= 0.6 is 0 Å². The molecule has 0 fully saturated rings. The zero-order valence-electron chi connectivity index (χ0n) is 25.7. The van der Waals surface area contributed by atoms with Crippen molar-refractivity contribution in [2.45, 2.75) is 0 Å². The summed E-state index contributed by atoms with van der Waals surface area (Å²) in [5, 5.41) is 60.0. The molecule has 0 amide bonds. The van der Waals surface area contributed by atoms with Crippen LogP contribution in [0.5, 0.6) is 0 Å². The van der Waals surface area contributed by atoms with Gasteiger partial charge >= 0.3 is 0 Å². The quantitative estimate of drug-likeness (QED) is 0.0730. The van der Waals surface area contributed by atoms with Gasteiger partial charge in [-0.3, -0.25) is 25.2 Å². The zero-order valence-corrected chi connectivity index (χ0v) is 27.3. The molecule has 0 aromatic heterocycles. The van der Waals surface area contributed by atoms with Crippen molar-refractivity contribution < 1.29 is 46.2 Å². The lowest BCUT2D eigenvalue weighted by molar-refractivity contribution is -0.761. The molecule has 4 aliphatic rings. The maximum atomic E-state index is 12.1. The number of hydrazone groups is 2. The summed E-state index contributed by atoms with van der Waals surface area (Å²) in [5.74, 6) is -1.11. The van der Waals surface area contributed by atoms with Crippen molar-refractivity contribution in [1.82, 2.24) is 0 Å². The number of nitrogens with one attached hydrogen (secondary N) is 4. The Morgan fingerprint density at radius 1 is 0.647 bits per heavy atom. The second kappa shape index (κ2) is 13.1. The fourth-order valence-corrected chi connectivity index (χ4v) is 6.38. The molecule has 17 nitrogen and oxygen atoms in total. The molecule has 0 aliphatic heterocycles. The number of fused-ring (bicyclic) bond motifs is 2. The third kappa shape index (κ3) is 7.26. The molecule has 0 saturated heterocycles. The van der Waals surface area contributed by atoms with E-state index in [4.69, 9.17) is 10.8 Å². The Morgan fingerprint density at radius 2 is 1.12 bits per heavy atom. The van der Waals surface area contributed by atoms with E-state index in [-0.39, 0.29) is 56.5 Å². The summed E-state index contributed by atoms with van der Waals surface area (Å²) < 4.78 is 68.1. The molecule has 0 spiro atoms. The highest BCUT2D eigenvalue weighted by Gasteiger charge is 2.33. The number of rotatable bonds is 8. The lowest BCUT2D eigenvalue weighted by Gasteiger charge is -2.20. The molecule has 51 heavy (non-hydrogen) atoms. The number of benzene rings is 2. The molecule has 0 radical (unpaired) electrons. The van der Waals surface area contributed by atoms with E-state index in [0.29, 0.717) is 4.86 Å². The molecular formula is C32H25N8O9S2+. The minimum Gasteiger partial charge on any atom is -0.505 e. The molecule has 2 aromatic rings. The Morgan fingerprint density at radius 3 is 1.61 bits per heavy atom. The minimum atomic E-state index is -4.85. The Labute approximate surface area is 289 Å². The fraction of sp³-hybridized carbons (Fsp3) is 0. The van der Waals surface area contributed by atoms with Crippen LogP contribution in [0.3, 0.4) is 0 Å². The topological polar surface area (TPSA) is 281 Å². The molecule has 0 saturated carbocycles. The van der Waals surface area contributed by atoms with Crippen LogP contribution in [-0.2, 0) is 20.2 Å². The van der Waals surface area contributed by atoms with E-state index in [2.05, 4.69) is 26.2 Å². The van der Waals surface area contributed by atoms with Crippen LogP contribution < -0.4 is 10.9 Å². The van der Waals surface area contributed by atoms with Crippen LogP contribution in [0.25, 0.3) is 0 Å². The largest absolute Gasteiger partial charge is 0.505 e. The molecule has 0 unspecified atom stereocenters. The minimum absolute atomic E-state index is 0.0558. The Kier molecular flexibility index (Phi) is 8.79. The van der Waals surface area contributed by atoms with Gasteiger partial charge in [-0.2, -0.15) is 27.0 Å². The van der Waals surface area contributed by atoms with Gasteiger partial charge in [-0.05, 0) is 84.0 Å². The Bertz CT molecular complexity index is 2530. The second-order valence-corrected chi connectivity index (χ2v) is 13.7. The number of hydrogen-bond donors (Lipinski definition) is 9. The van der Waals surface area contributed by atoms with Gasteiger partial charge in [0.2, 0.25) is 0 Å². The SMILES string of the molecule is N=C1C=CC2=C(O)C(=NNc3cccc(N=[N+](O)c4cccc(NN=C5C(S(=O)(=O)O)=CC6=CC(=N)C=CC6=C5O)c4)c3)C(S(=O)(=O)O)=CC2=C1. The first-order chi connectivity index (χ1) is 24.1. The number of allylic oxidation sites excluding steroid dienone is 14. The number of aliphatic hydroxyl groups is 2. The second-order valence-electron chi connectivity index (χ2n) is 10.9. The van der Waals surface area contributed by atoms with Gasteiger partial charge in [-0.15, -0.1) is 0 Å². The van der Waals surface area contributed by atoms with Gasteiger partial charge < -0.3 is 21.0 Å². The summed E-state index contributed by atoms with van der Waals surface area (Å²) in [6.45, 7) is 0. The average Bonchev–Trinajstić information content (AvgIpc) is 3.06. The number of hydrogen-bond acceptors (Lipinski definition) is 13. The summed E-state index contributed by atoms with van der Waals surface area (Å²) in [4.78, 5) is -0.877. The van der Waals surface area contributed by atoms with E-state index < -0.39 is 53.0 Å². The van der Waals surface area contributed by atoms with Crippen molar-refractivity contribution in [2.24, 2.45) is 15.3 Å². The zero-order chi connectivity index (χ0) is 36.7. The van der Waals surface area contributed by atoms with Crippen LogP contribution in [0.1, 0.15) is 0 Å². The van der Waals surface area contributed by atoms with Gasteiger partial charge in [-0.25, -0.2) is 0 Å². The molecular weight excluding hydrogens is 705 g/mol. The lowest BCUT2D eigenvalue weighted by Crippen LogP contribution is -2.22. The van der Waals surface area contributed by atoms with E-state index in [1.54, 1.807) is 0 Å². The van der Waals surface area contributed by atoms with Crippen molar-refractivity contribution in [1.29, 1.82) is 10.8 Å². The van der Waals surface area contributed by atoms with Gasteiger partial charge in [0.25, 0.3) is 25.9 Å². The smallest absolute Gasteiger partial charge is 0.296 e. The maximum Gasteiger partial charge on any atom is 0.296 e. The highest BCUT2D eigenvalue weighted by molar-refractivity contribution is 7.91. The molecule has 6 rings (SSSR count). The van der Waals surface area contributed by atoms with E-state index >= 15 is 0 Å². The third-order valence-corrected chi connectivity index (χ3v) is 9.12. The summed E-state index contributed by atoms with van der Waals surface area (Å²) >= 11 is 0. The molecule has 0 bridgehead atoms. The summed E-state index contributed by atoms with van der Waals surface area (Å²) in [5.41, 5.74) is 5.83. The summed E-state index contributed by atoms with van der Waals surface area (Å²) in [6.07, 6.45) is 10.4. The van der Waals surface area contributed by atoms with Gasteiger partial charge in [0, 0.05) is 23.3 Å². The highest BCUT2D eigenvalue weighted by Crippen LogP contribution is 2.33. The Balaban J connectivity index is 1.24. The monoisotopic (exact) mass is 729 g/mol. The molecule has 9 N–H and O–H groups in total. The Hall–Kier alpha value is -6.54. The van der Waals surface area contributed by atoms with E-state index in [1.165, 1.54) is 85.0 Å². The lowest BCUT2D eigenvalue weighted by atomic mass is 9.92. The van der Waals surface area contributed by atoms with Crippen molar-refractivity contribution in [2.75, 3.05) is 10.9 Å². The molecule has 4 aliphatic carbocycles. The summed E-state index contributed by atoms with van der Waals surface area (Å²) in [7, 11) is -9.70. The molecule has 258 valence electrons. The van der Waals surface area contributed by atoms with Crippen molar-refractivity contribution in [3.05, 3.63) is 141 Å².